The fourth-order valence-corrected chi connectivity index (χ4v) is 1.65. The largest absolute Gasteiger partial charge is 0.497 e. The summed E-state index contributed by atoms with van der Waals surface area (Å²) in [5.41, 5.74) is 13.1. The Hall–Kier alpha value is -1.06. The van der Waals surface area contributed by atoms with Gasteiger partial charge in [0.1, 0.15) is 5.75 Å². The van der Waals surface area contributed by atoms with Gasteiger partial charge in [-0.15, -0.1) is 0 Å². The predicted molar refractivity (Wildman–Crippen MR) is 67.4 cm³/mol. The van der Waals surface area contributed by atoms with E-state index >= 15 is 0 Å². The van der Waals surface area contributed by atoms with Gasteiger partial charge in [-0.05, 0) is 36.1 Å². The van der Waals surface area contributed by atoms with Crippen LogP contribution >= 0.6 is 0 Å². The van der Waals surface area contributed by atoms with E-state index in [4.69, 9.17) is 16.2 Å². The van der Waals surface area contributed by atoms with Gasteiger partial charge in [0.15, 0.2) is 0 Å². The molecule has 0 aliphatic carbocycles. The van der Waals surface area contributed by atoms with Gasteiger partial charge >= 0.3 is 0 Å². The van der Waals surface area contributed by atoms with Crippen molar-refractivity contribution in [3.05, 3.63) is 29.8 Å². The molecule has 1 rings (SSSR count). The Kier molecular flexibility index (Phi) is 4.33. The smallest absolute Gasteiger partial charge is 0.118 e. The van der Waals surface area contributed by atoms with E-state index in [1.54, 1.807) is 7.11 Å². The third kappa shape index (κ3) is 3.51. The summed E-state index contributed by atoms with van der Waals surface area (Å²) >= 11 is 0. The molecule has 0 amide bonds. The fourth-order valence-electron chi connectivity index (χ4n) is 1.65. The minimum Gasteiger partial charge on any atom is -0.497 e. The second-order valence-corrected chi connectivity index (χ2v) is 4.95. The molecule has 0 aliphatic heterocycles. The lowest BCUT2D eigenvalue weighted by atomic mass is 9.84. The zero-order valence-electron chi connectivity index (χ0n) is 10.4. The van der Waals surface area contributed by atoms with E-state index in [-0.39, 0.29) is 11.5 Å². The van der Waals surface area contributed by atoms with E-state index in [0.29, 0.717) is 6.54 Å². The van der Waals surface area contributed by atoms with E-state index in [9.17, 15) is 0 Å². The zero-order valence-corrected chi connectivity index (χ0v) is 10.4. The lowest BCUT2D eigenvalue weighted by Gasteiger charge is -2.26. The Balaban J connectivity index is 2.69. The first-order valence-corrected chi connectivity index (χ1v) is 5.58. The molecule has 3 nitrogen and oxygen atoms in total. The van der Waals surface area contributed by atoms with Crippen molar-refractivity contribution in [2.45, 2.75) is 26.3 Å². The fraction of sp³-hybridized carbons (Fsp3) is 0.538. The van der Waals surface area contributed by atoms with Crippen molar-refractivity contribution in [1.82, 2.24) is 0 Å². The normalized spacial score (nSPS) is 13.6. The van der Waals surface area contributed by atoms with Gasteiger partial charge in [0, 0.05) is 6.04 Å². The summed E-state index contributed by atoms with van der Waals surface area (Å²) < 4.78 is 5.11. The van der Waals surface area contributed by atoms with Gasteiger partial charge in [-0.1, -0.05) is 26.0 Å². The monoisotopic (exact) mass is 222 g/mol. The molecule has 3 heteroatoms. The Labute approximate surface area is 97.8 Å². The maximum Gasteiger partial charge on any atom is 0.118 e. The Morgan fingerprint density at radius 1 is 1.25 bits per heavy atom. The molecule has 0 aliphatic rings. The van der Waals surface area contributed by atoms with Crippen LogP contribution in [0.4, 0.5) is 0 Å². The number of nitrogens with two attached hydrogens (primary N) is 2. The average molecular weight is 222 g/mol. The predicted octanol–water partition coefficient (Wildman–Crippen LogP) is 2.07. The summed E-state index contributed by atoms with van der Waals surface area (Å²) in [6.07, 6.45) is 0.885. The highest BCUT2D eigenvalue weighted by Gasteiger charge is 2.20. The van der Waals surface area contributed by atoms with E-state index in [2.05, 4.69) is 13.8 Å². The molecule has 4 N–H and O–H groups in total. The molecule has 1 aromatic carbocycles. The highest BCUT2D eigenvalue weighted by Crippen LogP contribution is 2.28. The van der Waals surface area contributed by atoms with Crippen LogP contribution in [0.2, 0.25) is 0 Å². The van der Waals surface area contributed by atoms with Gasteiger partial charge < -0.3 is 16.2 Å². The number of rotatable bonds is 5. The Morgan fingerprint density at radius 2 is 1.81 bits per heavy atom. The summed E-state index contributed by atoms with van der Waals surface area (Å²) in [6, 6.07) is 7.92. The molecule has 0 bridgehead atoms. The van der Waals surface area contributed by atoms with Gasteiger partial charge in [0.2, 0.25) is 0 Å². The first kappa shape index (κ1) is 13.0. The quantitative estimate of drug-likeness (QED) is 0.801. The van der Waals surface area contributed by atoms with Crippen molar-refractivity contribution in [1.29, 1.82) is 0 Å². The van der Waals surface area contributed by atoms with Crippen LogP contribution in [0, 0.1) is 5.41 Å². The molecule has 0 saturated carbocycles. The van der Waals surface area contributed by atoms with Gasteiger partial charge in [0.05, 0.1) is 7.11 Å². The van der Waals surface area contributed by atoms with Crippen LogP contribution < -0.4 is 16.2 Å². The minimum atomic E-state index is 0.0319. The van der Waals surface area contributed by atoms with Crippen molar-refractivity contribution in [3.8, 4) is 5.75 Å². The summed E-state index contributed by atoms with van der Waals surface area (Å²) in [5, 5.41) is 0. The van der Waals surface area contributed by atoms with E-state index in [1.807, 2.05) is 24.3 Å². The van der Waals surface area contributed by atoms with Crippen LogP contribution in [-0.2, 0) is 0 Å². The number of benzene rings is 1. The Bertz CT molecular complexity index is 319. The molecule has 0 fully saturated rings. The van der Waals surface area contributed by atoms with E-state index in [1.165, 1.54) is 0 Å². The molecule has 0 radical (unpaired) electrons. The molecule has 0 spiro atoms. The van der Waals surface area contributed by atoms with Crippen LogP contribution in [0.15, 0.2) is 24.3 Å². The molecule has 1 aromatic rings. The molecule has 0 aromatic heterocycles. The van der Waals surface area contributed by atoms with Crippen LogP contribution in [0.5, 0.6) is 5.75 Å². The zero-order chi connectivity index (χ0) is 12.2. The SMILES string of the molecule is COc1ccc(C(N)CC(C)(C)CN)cc1. The third-order valence-electron chi connectivity index (χ3n) is 2.87. The van der Waals surface area contributed by atoms with Crippen molar-refractivity contribution < 1.29 is 4.74 Å². The average Bonchev–Trinajstić information content (AvgIpc) is 2.28. The molecular formula is C13H22N2O. The van der Waals surface area contributed by atoms with Crippen molar-refractivity contribution in [2.24, 2.45) is 16.9 Å². The molecule has 16 heavy (non-hydrogen) atoms. The lowest BCUT2D eigenvalue weighted by molar-refractivity contribution is 0.317. The maximum absolute atomic E-state index is 6.15. The van der Waals surface area contributed by atoms with Crippen LogP contribution in [-0.4, -0.2) is 13.7 Å². The van der Waals surface area contributed by atoms with Gasteiger partial charge in [-0.2, -0.15) is 0 Å². The summed E-state index contributed by atoms with van der Waals surface area (Å²) in [7, 11) is 1.66. The van der Waals surface area contributed by atoms with Crippen LogP contribution in [0.3, 0.4) is 0 Å². The van der Waals surface area contributed by atoms with Gasteiger partial charge in [-0.25, -0.2) is 0 Å². The molecule has 0 heterocycles. The topological polar surface area (TPSA) is 61.3 Å². The van der Waals surface area contributed by atoms with Crippen molar-refractivity contribution in [3.63, 3.8) is 0 Å². The second kappa shape index (κ2) is 5.32. The molecular weight excluding hydrogens is 200 g/mol. The van der Waals surface area contributed by atoms with Crippen LogP contribution in [0.1, 0.15) is 31.9 Å². The maximum atomic E-state index is 6.15. The van der Waals surface area contributed by atoms with Crippen molar-refractivity contribution in [2.75, 3.05) is 13.7 Å². The Morgan fingerprint density at radius 3 is 2.25 bits per heavy atom. The molecule has 90 valence electrons. The molecule has 1 unspecified atom stereocenters. The first-order valence-electron chi connectivity index (χ1n) is 5.58. The third-order valence-corrected chi connectivity index (χ3v) is 2.87. The number of ether oxygens (including phenoxy) is 1. The van der Waals surface area contributed by atoms with Crippen molar-refractivity contribution >= 4 is 0 Å². The number of hydrogen-bond donors (Lipinski definition) is 2. The van der Waals surface area contributed by atoms with Crippen LogP contribution in [0.25, 0.3) is 0 Å². The second-order valence-electron chi connectivity index (χ2n) is 4.95. The molecule has 1 atom stereocenters. The summed E-state index contributed by atoms with van der Waals surface area (Å²) in [5.74, 6) is 0.856. The number of methoxy groups -OCH3 is 1. The highest BCUT2D eigenvalue weighted by atomic mass is 16.5. The van der Waals surface area contributed by atoms with Gasteiger partial charge in [-0.3, -0.25) is 0 Å². The number of hydrogen-bond acceptors (Lipinski definition) is 3. The lowest BCUT2D eigenvalue weighted by Crippen LogP contribution is -2.28. The standard InChI is InChI=1S/C13H22N2O/c1-13(2,9-14)8-12(15)10-4-6-11(16-3)7-5-10/h4-7,12H,8-9,14-15H2,1-3H3. The first-order chi connectivity index (χ1) is 7.48. The minimum absolute atomic E-state index is 0.0319. The summed E-state index contributed by atoms with van der Waals surface area (Å²) in [4.78, 5) is 0. The highest BCUT2D eigenvalue weighted by molar-refractivity contribution is 5.29. The van der Waals surface area contributed by atoms with E-state index in [0.717, 1.165) is 17.7 Å². The van der Waals surface area contributed by atoms with Gasteiger partial charge in [0.25, 0.3) is 0 Å². The van der Waals surface area contributed by atoms with E-state index < -0.39 is 0 Å². The molecule has 0 saturated heterocycles. The summed E-state index contributed by atoms with van der Waals surface area (Å²) in [6.45, 7) is 4.92.